The SMILES string of the molecule is Cc1ccc(-c2nn(-c3ccccc3)cc2C(=O)N2CCC(NC(=O)c3ccccc3C)CC2)cc1C. The monoisotopic (exact) mass is 492 g/mol. The minimum absolute atomic E-state index is 0.0286. The number of nitrogens with one attached hydrogen (secondary N) is 1. The Kier molecular flexibility index (Phi) is 6.91. The lowest BCUT2D eigenvalue weighted by Gasteiger charge is -2.32. The number of carbonyl (C=O) groups excluding carboxylic acids is 2. The smallest absolute Gasteiger partial charge is 0.257 e. The molecule has 6 nitrogen and oxygen atoms in total. The van der Waals surface area contributed by atoms with E-state index in [2.05, 4.69) is 31.3 Å². The highest BCUT2D eigenvalue weighted by molar-refractivity contribution is 6.00. The summed E-state index contributed by atoms with van der Waals surface area (Å²) in [5.74, 6) is -0.0804. The molecule has 1 N–H and O–H groups in total. The van der Waals surface area contributed by atoms with Crippen LogP contribution in [0.5, 0.6) is 0 Å². The highest BCUT2D eigenvalue weighted by Crippen LogP contribution is 2.28. The fourth-order valence-corrected chi connectivity index (χ4v) is 4.83. The zero-order valence-electron chi connectivity index (χ0n) is 21.6. The number of likely N-dealkylation sites (tertiary alicyclic amines) is 1. The number of hydrogen-bond donors (Lipinski definition) is 1. The van der Waals surface area contributed by atoms with Crippen LogP contribution in [0.15, 0.2) is 79.0 Å². The van der Waals surface area contributed by atoms with E-state index in [1.54, 1.807) is 4.68 Å². The van der Waals surface area contributed by atoms with Crippen LogP contribution in [-0.4, -0.2) is 45.6 Å². The van der Waals surface area contributed by atoms with Crippen molar-refractivity contribution in [2.75, 3.05) is 13.1 Å². The third-order valence-electron chi connectivity index (χ3n) is 7.25. The predicted octanol–water partition coefficient (Wildman–Crippen LogP) is 5.50. The molecular formula is C31H32N4O2. The standard InChI is InChI=1S/C31H32N4O2/c1-21-13-14-24(19-23(21)3)29-28(20-35(33-29)26-10-5-4-6-11-26)31(37)34-17-15-25(16-18-34)32-30(36)27-12-8-7-9-22(27)2/h4-14,19-20,25H,15-18H2,1-3H3,(H,32,36). The van der Waals surface area contributed by atoms with Crippen molar-refractivity contribution < 1.29 is 9.59 Å². The van der Waals surface area contributed by atoms with E-state index < -0.39 is 0 Å². The molecule has 188 valence electrons. The van der Waals surface area contributed by atoms with Crippen molar-refractivity contribution >= 4 is 11.8 Å². The molecule has 6 heteroatoms. The second kappa shape index (κ2) is 10.4. The highest BCUT2D eigenvalue weighted by atomic mass is 16.2. The molecule has 0 bridgehead atoms. The van der Waals surface area contributed by atoms with Crippen molar-refractivity contribution in [2.45, 2.75) is 39.7 Å². The number of rotatable bonds is 5. The van der Waals surface area contributed by atoms with Gasteiger partial charge in [0.1, 0.15) is 5.69 Å². The van der Waals surface area contributed by atoms with Crippen molar-refractivity contribution in [1.29, 1.82) is 0 Å². The number of aryl methyl sites for hydroxylation is 3. The van der Waals surface area contributed by atoms with Gasteiger partial charge in [0.15, 0.2) is 0 Å². The van der Waals surface area contributed by atoms with Gasteiger partial charge in [-0.25, -0.2) is 4.68 Å². The van der Waals surface area contributed by atoms with Gasteiger partial charge in [-0.1, -0.05) is 48.5 Å². The van der Waals surface area contributed by atoms with E-state index in [0.717, 1.165) is 35.2 Å². The number of piperidine rings is 1. The fourth-order valence-electron chi connectivity index (χ4n) is 4.83. The Labute approximate surface area is 217 Å². The van der Waals surface area contributed by atoms with Crippen LogP contribution in [0, 0.1) is 20.8 Å². The van der Waals surface area contributed by atoms with Gasteiger partial charge in [0.2, 0.25) is 0 Å². The van der Waals surface area contributed by atoms with Gasteiger partial charge >= 0.3 is 0 Å². The molecule has 4 aromatic rings. The minimum Gasteiger partial charge on any atom is -0.349 e. The van der Waals surface area contributed by atoms with Crippen molar-refractivity contribution in [3.63, 3.8) is 0 Å². The molecule has 5 rings (SSSR count). The summed E-state index contributed by atoms with van der Waals surface area (Å²) >= 11 is 0. The molecule has 1 aliphatic rings. The summed E-state index contributed by atoms with van der Waals surface area (Å²) in [6.07, 6.45) is 3.28. The molecule has 2 heterocycles. The van der Waals surface area contributed by atoms with E-state index in [1.807, 2.05) is 78.7 Å². The first-order valence-corrected chi connectivity index (χ1v) is 12.8. The first-order chi connectivity index (χ1) is 17.9. The van der Waals surface area contributed by atoms with E-state index in [1.165, 1.54) is 5.56 Å². The van der Waals surface area contributed by atoms with E-state index in [-0.39, 0.29) is 17.9 Å². The van der Waals surface area contributed by atoms with E-state index >= 15 is 0 Å². The normalized spacial score (nSPS) is 14.0. The van der Waals surface area contributed by atoms with Gasteiger partial charge in [0.25, 0.3) is 11.8 Å². The van der Waals surface area contributed by atoms with E-state index in [9.17, 15) is 9.59 Å². The van der Waals surface area contributed by atoms with Gasteiger partial charge in [-0.05, 0) is 74.6 Å². The Morgan fingerprint density at radius 1 is 0.811 bits per heavy atom. The van der Waals surface area contributed by atoms with Crippen LogP contribution < -0.4 is 5.32 Å². The molecule has 0 aliphatic carbocycles. The number of para-hydroxylation sites is 1. The van der Waals surface area contributed by atoms with Crippen LogP contribution >= 0.6 is 0 Å². The van der Waals surface area contributed by atoms with Crippen molar-refractivity contribution in [3.05, 3.63) is 107 Å². The Hall–Kier alpha value is -4.19. The van der Waals surface area contributed by atoms with Crippen LogP contribution in [0.1, 0.15) is 50.2 Å². The maximum atomic E-state index is 13.8. The van der Waals surface area contributed by atoms with Gasteiger partial charge < -0.3 is 10.2 Å². The molecule has 2 amide bonds. The summed E-state index contributed by atoms with van der Waals surface area (Å²) in [4.78, 5) is 28.4. The van der Waals surface area contributed by atoms with Crippen molar-refractivity contribution in [3.8, 4) is 16.9 Å². The Morgan fingerprint density at radius 3 is 2.22 bits per heavy atom. The van der Waals surface area contributed by atoms with Gasteiger partial charge in [-0.15, -0.1) is 0 Å². The Bertz CT molecular complexity index is 1430. The van der Waals surface area contributed by atoms with Gasteiger partial charge in [0.05, 0.1) is 11.3 Å². The maximum Gasteiger partial charge on any atom is 0.257 e. The molecule has 0 spiro atoms. The van der Waals surface area contributed by atoms with Crippen LogP contribution in [0.2, 0.25) is 0 Å². The average Bonchev–Trinajstić information content (AvgIpc) is 3.36. The fraction of sp³-hybridized carbons (Fsp3) is 0.258. The molecule has 1 fully saturated rings. The molecule has 0 atom stereocenters. The third-order valence-corrected chi connectivity index (χ3v) is 7.25. The lowest BCUT2D eigenvalue weighted by molar-refractivity contribution is 0.0699. The molecule has 37 heavy (non-hydrogen) atoms. The molecule has 1 aromatic heterocycles. The number of benzene rings is 3. The van der Waals surface area contributed by atoms with E-state index in [4.69, 9.17) is 5.10 Å². The lowest BCUT2D eigenvalue weighted by atomic mass is 10.00. The Balaban J connectivity index is 1.35. The summed E-state index contributed by atoms with van der Waals surface area (Å²) in [5, 5.41) is 8.00. The minimum atomic E-state index is -0.0518. The highest BCUT2D eigenvalue weighted by Gasteiger charge is 2.28. The van der Waals surface area contributed by atoms with Gasteiger partial charge in [-0.2, -0.15) is 5.10 Å². The summed E-state index contributed by atoms with van der Waals surface area (Å²) in [6.45, 7) is 7.26. The zero-order chi connectivity index (χ0) is 25.9. The molecule has 0 saturated carbocycles. The van der Waals surface area contributed by atoms with E-state index in [0.29, 0.717) is 29.9 Å². The number of nitrogens with zero attached hydrogens (tertiary/aromatic N) is 3. The first kappa shape index (κ1) is 24.5. The largest absolute Gasteiger partial charge is 0.349 e. The molecule has 0 radical (unpaired) electrons. The van der Waals surface area contributed by atoms with Crippen molar-refractivity contribution in [2.24, 2.45) is 0 Å². The summed E-state index contributed by atoms with van der Waals surface area (Å²) in [5.41, 5.74) is 7.14. The quantitative estimate of drug-likeness (QED) is 0.400. The lowest BCUT2D eigenvalue weighted by Crippen LogP contribution is -2.46. The molecule has 1 aliphatic heterocycles. The van der Waals surface area contributed by atoms with Crippen LogP contribution in [0.4, 0.5) is 0 Å². The number of amides is 2. The summed E-state index contributed by atoms with van der Waals surface area (Å²) in [6, 6.07) is 23.7. The first-order valence-electron chi connectivity index (χ1n) is 12.8. The number of carbonyl (C=O) groups is 2. The van der Waals surface area contributed by atoms with Crippen LogP contribution in [-0.2, 0) is 0 Å². The third kappa shape index (κ3) is 5.19. The second-order valence-corrected chi connectivity index (χ2v) is 9.83. The molecule has 1 saturated heterocycles. The number of hydrogen-bond acceptors (Lipinski definition) is 3. The topological polar surface area (TPSA) is 67.2 Å². The number of aromatic nitrogens is 2. The van der Waals surface area contributed by atoms with Crippen LogP contribution in [0.3, 0.4) is 0 Å². The molecular weight excluding hydrogens is 460 g/mol. The van der Waals surface area contributed by atoms with Crippen molar-refractivity contribution in [1.82, 2.24) is 20.0 Å². The predicted molar refractivity (Wildman–Crippen MR) is 146 cm³/mol. The van der Waals surface area contributed by atoms with Crippen LogP contribution in [0.25, 0.3) is 16.9 Å². The summed E-state index contributed by atoms with van der Waals surface area (Å²) < 4.78 is 1.78. The Morgan fingerprint density at radius 2 is 1.51 bits per heavy atom. The second-order valence-electron chi connectivity index (χ2n) is 9.83. The molecule has 3 aromatic carbocycles. The maximum absolute atomic E-state index is 13.8. The van der Waals surface area contributed by atoms with Gasteiger partial charge in [0, 0.05) is 36.5 Å². The average molecular weight is 493 g/mol. The zero-order valence-corrected chi connectivity index (χ0v) is 21.6. The molecule has 0 unspecified atom stereocenters. The summed E-state index contributed by atoms with van der Waals surface area (Å²) in [7, 11) is 0. The van der Waals surface area contributed by atoms with Gasteiger partial charge in [-0.3, -0.25) is 9.59 Å².